The van der Waals surface area contributed by atoms with Gasteiger partial charge in [0.1, 0.15) is 30.0 Å². The average molecular weight is 390 g/mol. The van der Waals surface area contributed by atoms with E-state index in [1.165, 1.54) is 5.56 Å². The van der Waals surface area contributed by atoms with Crippen molar-refractivity contribution in [2.75, 3.05) is 18.4 Å². The third-order valence-electron chi connectivity index (χ3n) is 4.22. The van der Waals surface area contributed by atoms with Crippen molar-refractivity contribution < 1.29 is 13.9 Å². The van der Waals surface area contributed by atoms with E-state index in [9.17, 15) is 4.79 Å². The molecule has 0 aliphatic rings. The normalized spacial score (nSPS) is 10.2. The van der Waals surface area contributed by atoms with Crippen molar-refractivity contribution in [2.24, 2.45) is 0 Å². The maximum atomic E-state index is 12.2. The number of ether oxygens (including phenoxy) is 1. The molecule has 3 rings (SSSR count). The predicted octanol–water partition coefficient (Wildman–Crippen LogP) is 3.58. The number of furan rings is 1. The van der Waals surface area contributed by atoms with Crippen molar-refractivity contribution in [1.29, 1.82) is 5.26 Å². The molecule has 2 heterocycles. The van der Waals surface area contributed by atoms with Crippen molar-refractivity contribution in [1.82, 2.24) is 10.3 Å². The number of anilines is 1. The quantitative estimate of drug-likeness (QED) is 0.570. The zero-order valence-electron chi connectivity index (χ0n) is 16.4. The number of hydrogen-bond acceptors (Lipinski definition) is 6. The molecule has 0 unspecified atom stereocenters. The zero-order chi connectivity index (χ0) is 20.6. The van der Waals surface area contributed by atoms with E-state index in [1.54, 1.807) is 30.5 Å². The van der Waals surface area contributed by atoms with Gasteiger partial charge >= 0.3 is 0 Å². The van der Waals surface area contributed by atoms with E-state index in [4.69, 9.17) is 14.4 Å². The Labute approximate surface area is 169 Å². The summed E-state index contributed by atoms with van der Waals surface area (Å²) in [4.78, 5) is 16.3. The highest BCUT2D eigenvalue weighted by Gasteiger charge is 2.11. The third kappa shape index (κ3) is 5.36. The maximum Gasteiger partial charge on any atom is 0.287 e. The molecule has 7 heteroatoms. The number of aryl methyl sites for hydroxylation is 2. The molecule has 0 aliphatic carbocycles. The van der Waals surface area contributed by atoms with Crippen molar-refractivity contribution in [3.8, 4) is 11.8 Å². The van der Waals surface area contributed by atoms with Crippen LogP contribution in [0.2, 0.25) is 0 Å². The van der Waals surface area contributed by atoms with Crippen LogP contribution in [-0.4, -0.2) is 24.0 Å². The molecule has 1 aromatic carbocycles. The molecule has 0 saturated heterocycles. The van der Waals surface area contributed by atoms with Crippen LogP contribution in [-0.2, 0) is 6.61 Å². The number of nitrogens with one attached hydrogen (secondary N) is 2. The number of nitrogens with zero attached hydrogens (tertiary/aromatic N) is 2. The van der Waals surface area contributed by atoms with E-state index < -0.39 is 0 Å². The summed E-state index contributed by atoms with van der Waals surface area (Å²) in [7, 11) is 0. The zero-order valence-corrected chi connectivity index (χ0v) is 16.4. The standard InChI is InChI=1S/C22H22N4O3/c1-15-5-7-19(16(2)12-15)28-14-18-6-8-20(29-18)22(27)26-11-10-25-21-17(13-23)4-3-9-24-21/h3-9,12H,10-11,14H2,1-2H3,(H,24,25)(H,26,27). The monoisotopic (exact) mass is 390 g/mol. The van der Waals surface area contributed by atoms with Gasteiger partial charge in [0.05, 0.1) is 5.56 Å². The molecule has 0 fully saturated rings. The Bertz CT molecular complexity index is 1040. The molecule has 0 spiro atoms. The van der Waals surface area contributed by atoms with Crippen molar-refractivity contribution in [3.63, 3.8) is 0 Å². The van der Waals surface area contributed by atoms with E-state index in [1.807, 2.05) is 26.0 Å². The van der Waals surface area contributed by atoms with Gasteiger partial charge < -0.3 is 19.8 Å². The number of amides is 1. The minimum Gasteiger partial charge on any atom is -0.485 e. The second kappa shape index (κ2) is 9.42. The van der Waals surface area contributed by atoms with E-state index in [0.717, 1.165) is 11.3 Å². The molecule has 0 atom stereocenters. The predicted molar refractivity (Wildman–Crippen MR) is 109 cm³/mol. The fourth-order valence-corrected chi connectivity index (χ4v) is 2.77. The lowest BCUT2D eigenvalue weighted by molar-refractivity contribution is 0.0923. The van der Waals surface area contributed by atoms with Gasteiger partial charge in [-0.3, -0.25) is 4.79 Å². The fraction of sp³-hybridized carbons (Fsp3) is 0.227. The molecule has 2 aromatic heterocycles. The first kappa shape index (κ1) is 20.0. The molecule has 3 aromatic rings. The van der Waals surface area contributed by atoms with Crippen molar-refractivity contribution >= 4 is 11.7 Å². The molecular formula is C22H22N4O3. The van der Waals surface area contributed by atoms with Crippen LogP contribution in [0.5, 0.6) is 5.75 Å². The van der Waals surface area contributed by atoms with Gasteiger partial charge in [-0.15, -0.1) is 0 Å². The molecule has 2 N–H and O–H groups in total. The highest BCUT2D eigenvalue weighted by Crippen LogP contribution is 2.20. The Morgan fingerprint density at radius 3 is 2.86 bits per heavy atom. The molecule has 0 aliphatic heterocycles. The molecule has 29 heavy (non-hydrogen) atoms. The van der Waals surface area contributed by atoms with Crippen LogP contribution in [0.1, 0.15) is 33.0 Å². The summed E-state index contributed by atoms with van der Waals surface area (Å²) < 4.78 is 11.3. The number of benzene rings is 1. The van der Waals surface area contributed by atoms with Gasteiger partial charge in [-0.1, -0.05) is 17.7 Å². The number of carbonyl (C=O) groups excluding carboxylic acids is 1. The van der Waals surface area contributed by atoms with Crippen LogP contribution >= 0.6 is 0 Å². The summed E-state index contributed by atoms with van der Waals surface area (Å²) in [5, 5.41) is 14.8. The summed E-state index contributed by atoms with van der Waals surface area (Å²) in [6.45, 7) is 5.05. The van der Waals surface area contributed by atoms with Gasteiger partial charge in [0.25, 0.3) is 5.91 Å². The number of nitriles is 1. The van der Waals surface area contributed by atoms with Crippen molar-refractivity contribution in [3.05, 3.63) is 76.9 Å². The number of carbonyl (C=O) groups is 1. The first-order valence-corrected chi connectivity index (χ1v) is 9.23. The van der Waals surface area contributed by atoms with Crippen LogP contribution in [0.4, 0.5) is 5.82 Å². The SMILES string of the molecule is Cc1ccc(OCc2ccc(C(=O)NCCNc3ncccc3C#N)o2)c(C)c1. The molecule has 0 saturated carbocycles. The fourth-order valence-electron chi connectivity index (χ4n) is 2.77. The first-order valence-electron chi connectivity index (χ1n) is 9.23. The Balaban J connectivity index is 1.46. The summed E-state index contributed by atoms with van der Waals surface area (Å²) in [6.07, 6.45) is 1.60. The molecule has 1 amide bonds. The van der Waals surface area contributed by atoms with Gasteiger partial charge in [0.15, 0.2) is 5.76 Å². The van der Waals surface area contributed by atoms with Gasteiger partial charge in [-0.25, -0.2) is 4.98 Å². The lowest BCUT2D eigenvalue weighted by atomic mass is 10.1. The third-order valence-corrected chi connectivity index (χ3v) is 4.22. The lowest BCUT2D eigenvalue weighted by Gasteiger charge is -2.08. The summed E-state index contributed by atoms with van der Waals surface area (Å²) in [6, 6.07) is 14.8. The van der Waals surface area contributed by atoms with Crippen LogP contribution in [0.3, 0.4) is 0 Å². The van der Waals surface area contributed by atoms with Gasteiger partial charge in [-0.2, -0.15) is 5.26 Å². The minimum atomic E-state index is -0.314. The number of hydrogen-bond donors (Lipinski definition) is 2. The highest BCUT2D eigenvalue weighted by atomic mass is 16.5. The molecule has 148 valence electrons. The Morgan fingerprint density at radius 2 is 2.07 bits per heavy atom. The molecule has 0 bridgehead atoms. The summed E-state index contributed by atoms with van der Waals surface area (Å²) >= 11 is 0. The van der Waals surface area contributed by atoms with E-state index in [-0.39, 0.29) is 18.3 Å². The average Bonchev–Trinajstić information content (AvgIpc) is 3.20. The molecule has 0 radical (unpaired) electrons. The van der Waals surface area contributed by atoms with Crippen LogP contribution in [0, 0.1) is 25.2 Å². The largest absolute Gasteiger partial charge is 0.485 e. The Morgan fingerprint density at radius 1 is 1.21 bits per heavy atom. The molecular weight excluding hydrogens is 368 g/mol. The Hall–Kier alpha value is -3.79. The second-order valence-corrected chi connectivity index (χ2v) is 6.52. The lowest BCUT2D eigenvalue weighted by Crippen LogP contribution is -2.28. The Kier molecular flexibility index (Phi) is 6.48. The highest BCUT2D eigenvalue weighted by molar-refractivity contribution is 5.91. The van der Waals surface area contributed by atoms with Gasteiger partial charge in [-0.05, 0) is 49.7 Å². The smallest absolute Gasteiger partial charge is 0.287 e. The van der Waals surface area contributed by atoms with E-state index in [2.05, 4.69) is 27.8 Å². The minimum absolute atomic E-state index is 0.222. The van der Waals surface area contributed by atoms with E-state index >= 15 is 0 Å². The topological polar surface area (TPSA) is 100 Å². The summed E-state index contributed by atoms with van der Waals surface area (Å²) in [5.74, 6) is 1.76. The van der Waals surface area contributed by atoms with Gasteiger partial charge in [0, 0.05) is 19.3 Å². The summed E-state index contributed by atoms with van der Waals surface area (Å²) in [5.41, 5.74) is 2.68. The first-order chi connectivity index (χ1) is 14.1. The molecule has 7 nitrogen and oxygen atoms in total. The number of pyridine rings is 1. The van der Waals surface area contributed by atoms with Gasteiger partial charge in [0.2, 0.25) is 0 Å². The second-order valence-electron chi connectivity index (χ2n) is 6.52. The van der Waals surface area contributed by atoms with Crippen LogP contribution < -0.4 is 15.4 Å². The number of aromatic nitrogens is 1. The van der Waals surface area contributed by atoms with E-state index in [0.29, 0.717) is 30.2 Å². The number of rotatable bonds is 8. The van der Waals surface area contributed by atoms with Crippen LogP contribution in [0.15, 0.2) is 53.1 Å². The maximum absolute atomic E-state index is 12.2. The van der Waals surface area contributed by atoms with Crippen LogP contribution in [0.25, 0.3) is 0 Å². The van der Waals surface area contributed by atoms with Crippen molar-refractivity contribution in [2.45, 2.75) is 20.5 Å².